The second-order valence-corrected chi connectivity index (χ2v) is 6.52. The minimum absolute atomic E-state index is 0.0276. The number of aryl methyl sites for hydroxylation is 1. The molecule has 0 aliphatic carbocycles. The molecule has 2 aliphatic rings. The average Bonchev–Trinajstić information content (AvgIpc) is 2.92. The van der Waals surface area contributed by atoms with Crippen LogP contribution in [0.5, 0.6) is 0 Å². The lowest BCUT2D eigenvalue weighted by molar-refractivity contribution is -0.312. The summed E-state index contributed by atoms with van der Waals surface area (Å²) in [4.78, 5) is 13.9. The van der Waals surface area contributed by atoms with Crippen LogP contribution < -0.4 is 10.0 Å². The van der Waals surface area contributed by atoms with Gasteiger partial charge in [-0.1, -0.05) is 18.2 Å². The van der Waals surface area contributed by atoms with E-state index in [1.165, 1.54) is 0 Å². The highest BCUT2D eigenvalue weighted by molar-refractivity contribution is 5.73. The van der Waals surface area contributed by atoms with Gasteiger partial charge in [-0.05, 0) is 44.7 Å². The summed E-state index contributed by atoms with van der Waals surface area (Å²) in [7, 11) is 0. The third-order valence-electron chi connectivity index (χ3n) is 5.17. The second kappa shape index (κ2) is 5.41. The fourth-order valence-electron chi connectivity index (χ4n) is 4.07. The molecule has 1 aromatic heterocycles. The summed E-state index contributed by atoms with van der Waals surface area (Å²) in [6.45, 7) is 2.86. The zero-order chi connectivity index (χ0) is 16.0. The molecule has 0 amide bonds. The van der Waals surface area contributed by atoms with Crippen molar-refractivity contribution in [3.05, 3.63) is 41.6 Å². The number of para-hydroxylation sites is 1. The van der Waals surface area contributed by atoms with E-state index in [1.807, 2.05) is 41.9 Å². The number of aromatic nitrogens is 2. The van der Waals surface area contributed by atoms with E-state index < -0.39 is 11.9 Å². The predicted octanol–water partition coefficient (Wildman–Crippen LogP) is 1.46. The highest BCUT2D eigenvalue weighted by Crippen LogP contribution is 2.40. The summed E-state index contributed by atoms with van der Waals surface area (Å²) in [5, 5.41) is 16.4. The Hall–Kier alpha value is -2.30. The van der Waals surface area contributed by atoms with Crippen molar-refractivity contribution in [2.24, 2.45) is 5.92 Å². The largest absolute Gasteiger partial charge is 0.550 e. The molecule has 5 nitrogen and oxygen atoms in total. The first-order valence-electron chi connectivity index (χ1n) is 8.28. The number of rotatable bonds is 2. The molecule has 120 valence electrons. The van der Waals surface area contributed by atoms with Crippen LogP contribution in [0.2, 0.25) is 0 Å². The molecule has 2 aromatic rings. The van der Waals surface area contributed by atoms with Crippen LogP contribution in [0.3, 0.4) is 0 Å². The lowest BCUT2D eigenvalue weighted by Gasteiger charge is -2.46. The predicted molar refractivity (Wildman–Crippen MR) is 85.5 cm³/mol. The molecule has 0 unspecified atom stereocenters. The van der Waals surface area contributed by atoms with Gasteiger partial charge in [-0.25, -0.2) is 4.68 Å². The fraction of sp³-hybridized carbons (Fsp3) is 0.444. The number of fused-ring (bicyclic) bond motifs is 3. The highest BCUT2D eigenvalue weighted by Gasteiger charge is 2.40. The van der Waals surface area contributed by atoms with Gasteiger partial charge in [0.1, 0.15) is 5.82 Å². The van der Waals surface area contributed by atoms with Crippen LogP contribution in [0.1, 0.15) is 30.5 Å². The maximum Gasteiger partial charge on any atom is 0.136 e. The molecule has 3 heterocycles. The van der Waals surface area contributed by atoms with Crippen LogP contribution in [0.4, 0.5) is 5.82 Å². The Morgan fingerprint density at radius 2 is 2.04 bits per heavy atom. The van der Waals surface area contributed by atoms with Gasteiger partial charge in [0.05, 0.1) is 11.4 Å². The molecule has 4 rings (SSSR count). The Balaban J connectivity index is 1.87. The van der Waals surface area contributed by atoms with Crippen molar-refractivity contribution in [3.8, 4) is 5.69 Å². The van der Waals surface area contributed by atoms with Crippen LogP contribution in [0.25, 0.3) is 5.69 Å². The van der Waals surface area contributed by atoms with Gasteiger partial charge in [-0.15, -0.1) is 0 Å². The Morgan fingerprint density at radius 1 is 1.26 bits per heavy atom. The van der Waals surface area contributed by atoms with Crippen molar-refractivity contribution in [2.45, 2.75) is 38.6 Å². The SMILES string of the molecule is Cc1nn(-c2ccccc2)c2c1C[C@@H](C(=O)[O-])[C@@H]1CCCCN21. The lowest BCUT2D eigenvalue weighted by atomic mass is 9.82. The van der Waals surface area contributed by atoms with Gasteiger partial charge in [0.2, 0.25) is 0 Å². The van der Waals surface area contributed by atoms with E-state index in [0.717, 1.165) is 48.6 Å². The fourth-order valence-corrected chi connectivity index (χ4v) is 4.07. The van der Waals surface area contributed by atoms with E-state index >= 15 is 0 Å². The molecule has 2 atom stereocenters. The van der Waals surface area contributed by atoms with Crippen LogP contribution in [-0.4, -0.2) is 28.3 Å². The molecule has 0 bridgehead atoms. The summed E-state index contributed by atoms with van der Waals surface area (Å²) in [5.41, 5.74) is 2.99. The highest BCUT2D eigenvalue weighted by atomic mass is 16.4. The van der Waals surface area contributed by atoms with E-state index in [4.69, 9.17) is 5.10 Å². The van der Waals surface area contributed by atoms with Crippen molar-refractivity contribution >= 4 is 11.8 Å². The van der Waals surface area contributed by atoms with Crippen molar-refractivity contribution in [3.63, 3.8) is 0 Å². The van der Waals surface area contributed by atoms with Gasteiger partial charge in [-0.2, -0.15) is 5.10 Å². The maximum atomic E-state index is 11.6. The molecule has 1 aromatic carbocycles. The van der Waals surface area contributed by atoms with Crippen LogP contribution in [0, 0.1) is 12.8 Å². The monoisotopic (exact) mass is 310 g/mol. The molecule has 2 aliphatic heterocycles. The first-order chi connectivity index (χ1) is 11.2. The summed E-state index contributed by atoms with van der Waals surface area (Å²) in [6, 6.07) is 10.1. The number of nitrogens with zero attached hydrogens (tertiary/aromatic N) is 3. The Labute approximate surface area is 135 Å². The third-order valence-corrected chi connectivity index (χ3v) is 5.17. The van der Waals surface area contributed by atoms with Crippen LogP contribution >= 0.6 is 0 Å². The van der Waals surface area contributed by atoms with Gasteiger partial charge in [0.15, 0.2) is 0 Å². The number of carbonyl (C=O) groups excluding carboxylic acids is 1. The van der Waals surface area contributed by atoms with Crippen molar-refractivity contribution in [2.75, 3.05) is 11.4 Å². The molecule has 0 spiro atoms. The second-order valence-electron chi connectivity index (χ2n) is 6.52. The van der Waals surface area contributed by atoms with Crippen LogP contribution in [-0.2, 0) is 11.2 Å². The molecule has 0 saturated carbocycles. The quantitative estimate of drug-likeness (QED) is 0.842. The number of carboxylic acid groups (broad SMARTS) is 1. The first-order valence-corrected chi connectivity index (χ1v) is 8.28. The summed E-state index contributed by atoms with van der Waals surface area (Å²) in [5.74, 6) is -0.287. The topological polar surface area (TPSA) is 61.2 Å². The van der Waals surface area contributed by atoms with E-state index in [1.54, 1.807) is 0 Å². The standard InChI is InChI=1S/C18H21N3O2/c1-12-14-11-15(18(22)23)16-9-5-6-10-20(16)17(14)21(19-12)13-7-3-2-4-8-13/h2-4,7-8,15-16H,5-6,9-11H2,1H3,(H,22,23)/p-1/t15-,16+/m1/s1. The molecule has 5 heteroatoms. The number of carboxylic acids is 1. The zero-order valence-electron chi connectivity index (χ0n) is 13.2. The number of piperidine rings is 1. The van der Waals surface area contributed by atoms with Gasteiger partial charge in [0.25, 0.3) is 0 Å². The average molecular weight is 310 g/mol. The van der Waals surface area contributed by atoms with Gasteiger partial charge >= 0.3 is 0 Å². The summed E-state index contributed by atoms with van der Waals surface area (Å²) in [6.07, 6.45) is 3.61. The Morgan fingerprint density at radius 3 is 2.78 bits per heavy atom. The zero-order valence-corrected chi connectivity index (χ0v) is 13.2. The molecule has 0 N–H and O–H groups in total. The van der Waals surface area contributed by atoms with Crippen molar-refractivity contribution < 1.29 is 9.90 Å². The van der Waals surface area contributed by atoms with E-state index in [0.29, 0.717) is 6.42 Å². The van der Waals surface area contributed by atoms with Gasteiger partial charge in [-0.3, -0.25) is 0 Å². The maximum absolute atomic E-state index is 11.6. The van der Waals surface area contributed by atoms with Gasteiger partial charge < -0.3 is 14.8 Å². The van der Waals surface area contributed by atoms with Gasteiger partial charge in [0, 0.05) is 30.0 Å². The number of carbonyl (C=O) groups is 1. The number of hydrogen-bond donors (Lipinski definition) is 0. The molecule has 1 fully saturated rings. The van der Waals surface area contributed by atoms with E-state index in [9.17, 15) is 9.90 Å². The molecule has 0 radical (unpaired) electrons. The number of anilines is 1. The molecule has 1 saturated heterocycles. The minimum atomic E-state index is -0.931. The number of benzene rings is 1. The summed E-state index contributed by atoms with van der Waals surface area (Å²) >= 11 is 0. The smallest absolute Gasteiger partial charge is 0.136 e. The van der Waals surface area contributed by atoms with Crippen LogP contribution in [0.15, 0.2) is 30.3 Å². The molecular weight excluding hydrogens is 290 g/mol. The third kappa shape index (κ3) is 2.22. The first kappa shape index (κ1) is 14.3. The normalized spacial score (nSPS) is 23.3. The lowest BCUT2D eigenvalue weighted by Crippen LogP contribution is -2.54. The minimum Gasteiger partial charge on any atom is -0.550 e. The Kier molecular flexibility index (Phi) is 3.36. The summed E-state index contributed by atoms with van der Waals surface area (Å²) < 4.78 is 1.98. The number of aliphatic carboxylic acids is 1. The molecule has 23 heavy (non-hydrogen) atoms. The van der Waals surface area contributed by atoms with Crippen molar-refractivity contribution in [1.29, 1.82) is 0 Å². The van der Waals surface area contributed by atoms with Crippen molar-refractivity contribution in [1.82, 2.24) is 9.78 Å². The number of hydrogen-bond acceptors (Lipinski definition) is 4. The Bertz CT molecular complexity index is 738. The van der Waals surface area contributed by atoms with E-state index in [-0.39, 0.29) is 6.04 Å². The molecular formula is C18H20N3O2-. The van der Waals surface area contributed by atoms with E-state index in [2.05, 4.69) is 4.90 Å².